The number of sulfone groups is 1. The number of hydrogen-bond donors (Lipinski definition) is 1. The molecule has 2 aromatic rings. The van der Waals surface area contributed by atoms with Crippen molar-refractivity contribution in [1.82, 2.24) is 15.1 Å². The molecular weight excluding hydrogens is 511 g/mol. The number of anilines is 1. The Morgan fingerprint density at radius 1 is 1.05 bits per heavy atom. The van der Waals surface area contributed by atoms with Crippen LogP contribution in [0, 0.1) is 5.82 Å². The molecule has 1 N–H and O–H groups in total. The van der Waals surface area contributed by atoms with E-state index in [1.54, 1.807) is 0 Å². The fourth-order valence-corrected chi connectivity index (χ4v) is 6.11. The lowest BCUT2D eigenvalue weighted by molar-refractivity contribution is 0.0600. The van der Waals surface area contributed by atoms with E-state index in [-0.39, 0.29) is 42.3 Å². The second kappa shape index (κ2) is 11.8. The molecule has 38 heavy (non-hydrogen) atoms. The van der Waals surface area contributed by atoms with E-state index in [2.05, 4.69) is 28.8 Å². The molecule has 206 valence electrons. The number of methoxy groups -OCH3 is 1. The lowest BCUT2D eigenvalue weighted by Crippen LogP contribution is -2.54. The number of esters is 1. The van der Waals surface area contributed by atoms with E-state index in [1.807, 2.05) is 24.3 Å². The van der Waals surface area contributed by atoms with Crippen LogP contribution >= 0.6 is 0 Å². The zero-order chi connectivity index (χ0) is 27.4. The Bertz CT molecular complexity index is 1250. The van der Waals surface area contributed by atoms with E-state index < -0.39 is 27.7 Å². The van der Waals surface area contributed by atoms with Crippen LogP contribution in [0.1, 0.15) is 35.3 Å². The van der Waals surface area contributed by atoms with Crippen molar-refractivity contribution in [3.8, 4) is 0 Å². The van der Waals surface area contributed by atoms with E-state index in [4.69, 9.17) is 0 Å². The van der Waals surface area contributed by atoms with Crippen LogP contribution in [0.25, 0.3) is 0 Å². The van der Waals surface area contributed by atoms with Gasteiger partial charge >= 0.3 is 12.0 Å². The topological polar surface area (TPSA) is 99.3 Å². The molecule has 0 saturated carbocycles. The summed E-state index contributed by atoms with van der Waals surface area (Å²) >= 11 is 0. The lowest BCUT2D eigenvalue weighted by Gasteiger charge is -2.39. The third kappa shape index (κ3) is 6.51. The number of urea groups is 1. The molecule has 0 bridgehead atoms. The minimum Gasteiger partial charge on any atom is -0.465 e. The van der Waals surface area contributed by atoms with Crippen molar-refractivity contribution >= 4 is 27.5 Å². The fraction of sp³-hybridized carbons (Fsp3) is 0.481. The largest absolute Gasteiger partial charge is 0.465 e. The third-order valence-electron chi connectivity index (χ3n) is 7.27. The van der Waals surface area contributed by atoms with Gasteiger partial charge in [0.05, 0.1) is 30.7 Å². The maximum Gasteiger partial charge on any atom is 0.337 e. The number of piperazine rings is 1. The molecule has 0 aliphatic carbocycles. The summed E-state index contributed by atoms with van der Waals surface area (Å²) in [4.78, 5) is 30.7. The van der Waals surface area contributed by atoms with E-state index >= 15 is 0 Å². The van der Waals surface area contributed by atoms with Gasteiger partial charge in [-0.15, -0.1) is 0 Å². The quantitative estimate of drug-likeness (QED) is 0.556. The van der Waals surface area contributed by atoms with Crippen molar-refractivity contribution in [2.24, 2.45) is 0 Å². The molecule has 9 nitrogen and oxygen atoms in total. The first-order chi connectivity index (χ1) is 18.1. The number of ether oxygens (including phenoxy) is 1. The van der Waals surface area contributed by atoms with Gasteiger partial charge in [0.1, 0.15) is 5.82 Å². The van der Waals surface area contributed by atoms with Crippen molar-refractivity contribution in [1.29, 1.82) is 0 Å². The summed E-state index contributed by atoms with van der Waals surface area (Å²) in [7, 11) is -1.95. The van der Waals surface area contributed by atoms with Gasteiger partial charge in [-0.25, -0.2) is 22.4 Å². The van der Waals surface area contributed by atoms with E-state index in [0.29, 0.717) is 17.8 Å². The van der Waals surface area contributed by atoms with Gasteiger partial charge in [0.2, 0.25) is 0 Å². The molecule has 2 heterocycles. The predicted molar refractivity (Wildman–Crippen MR) is 143 cm³/mol. The Kier molecular flexibility index (Phi) is 8.69. The fourth-order valence-electron chi connectivity index (χ4n) is 4.91. The summed E-state index contributed by atoms with van der Waals surface area (Å²) in [5, 5.41) is 3.43. The van der Waals surface area contributed by atoms with E-state index in [0.717, 1.165) is 31.3 Å². The molecule has 0 unspecified atom stereocenters. The van der Waals surface area contributed by atoms with Gasteiger partial charge in [0.25, 0.3) is 0 Å². The van der Waals surface area contributed by atoms with Gasteiger partial charge in [-0.1, -0.05) is 18.2 Å². The molecule has 0 spiro atoms. The standard InChI is InChI=1S/C27H35FN4O5S/c1-19-15-29-16-20(2)31(19)17-21-4-8-24(9-5-21)32(27(34)30-10-12-38(35,36)13-11-30)18-23-7-6-22(14-25(23)28)26(33)37-3/h4-9,14,19-20,29H,10-13,15-18H2,1-3H3/t19-,20+. The SMILES string of the molecule is COC(=O)c1ccc(CN(C(=O)N2CCS(=O)(=O)CC2)c2ccc(CN3[C@H](C)CNC[C@@H]3C)cc2)c(F)c1. The van der Waals surface area contributed by atoms with Crippen molar-refractivity contribution in [3.05, 3.63) is 65.0 Å². The van der Waals surface area contributed by atoms with E-state index in [1.165, 1.54) is 29.0 Å². The van der Waals surface area contributed by atoms with E-state index in [9.17, 15) is 22.4 Å². The average molecular weight is 547 g/mol. The summed E-state index contributed by atoms with van der Waals surface area (Å²) in [6.07, 6.45) is 0. The van der Waals surface area contributed by atoms with Crippen molar-refractivity contribution in [2.75, 3.05) is 49.7 Å². The molecule has 2 amide bonds. The molecule has 2 atom stereocenters. The van der Waals surface area contributed by atoms with Crippen molar-refractivity contribution in [2.45, 2.75) is 39.0 Å². The zero-order valence-corrected chi connectivity index (χ0v) is 22.8. The van der Waals surface area contributed by atoms with Crippen LogP contribution < -0.4 is 10.2 Å². The Hall–Kier alpha value is -3.02. The maximum atomic E-state index is 15.0. The first-order valence-corrected chi connectivity index (χ1v) is 14.6. The summed E-state index contributed by atoms with van der Waals surface area (Å²) in [6, 6.07) is 12.0. The highest BCUT2D eigenvalue weighted by Crippen LogP contribution is 2.24. The highest BCUT2D eigenvalue weighted by molar-refractivity contribution is 7.91. The highest BCUT2D eigenvalue weighted by atomic mass is 32.2. The van der Waals surface area contributed by atoms with Gasteiger partial charge < -0.3 is 15.0 Å². The number of nitrogens with zero attached hydrogens (tertiary/aromatic N) is 3. The zero-order valence-electron chi connectivity index (χ0n) is 22.0. The average Bonchev–Trinajstić information content (AvgIpc) is 2.90. The summed E-state index contributed by atoms with van der Waals surface area (Å²) in [5.74, 6) is -1.49. The van der Waals surface area contributed by atoms with Crippen molar-refractivity contribution in [3.63, 3.8) is 0 Å². The van der Waals surface area contributed by atoms with Gasteiger partial charge in [0.15, 0.2) is 9.84 Å². The Morgan fingerprint density at radius 2 is 1.68 bits per heavy atom. The molecule has 4 rings (SSSR count). The smallest absolute Gasteiger partial charge is 0.337 e. The van der Waals surface area contributed by atoms with Crippen LogP contribution in [0.3, 0.4) is 0 Å². The van der Waals surface area contributed by atoms with Gasteiger partial charge in [-0.2, -0.15) is 0 Å². The third-order valence-corrected chi connectivity index (χ3v) is 8.88. The van der Waals surface area contributed by atoms with Crippen LogP contribution in [-0.2, 0) is 27.7 Å². The van der Waals surface area contributed by atoms with Crippen LogP contribution in [0.15, 0.2) is 42.5 Å². The monoisotopic (exact) mass is 546 g/mol. The van der Waals surface area contributed by atoms with Crippen LogP contribution in [0.4, 0.5) is 14.9 Å². The van der Waals surface area contributed by atoms with Crippen LogP contribution in [0.2, 0.25) is 0 Å². The summed E-state index contributed by atoms with van der Waals surface area (Å²) in [5.41, 5.74) is 1.97. The second-order valence-electron chi connectivity index (χ2n) is 10.0. The molecule has 2 fully saturated rings. The predicted octanol–water partition coefficient (Wildman–Crippen LogP) is 2.65. The molecular formula is C27H35FN4O5S. The van der Waals surface area contributed by atoms with Gasteiger partial charge in [-0.3, -0.25) is 9.80 Å². The molecule has 2 aromatic carbocycles. The van der Waals surface area contributed by atoms with Gasteiger partial charge in [-0.05, 0) is 43.7 Å². The van der Waals surface area contributed by atoms with Crippen LogP contribution in [0.5, 0.6) is 0 Å². The van der Waals surface area contributed by atoms with Gasteiger partial charge in [0, 0.05) is 56.1 Å². The number of halogens is 1. The highest BCUT2D eigenvalue weighted by Gasteiger charge is 2.30. The normalized spacial score (nSPS) is 21.6. The number of rotatable bonds is 6. The molecule has 11 heteroatoms. The molecule has 2 aliphatic rings. The van der Waals surface area contributed by atoms with Crippen LogP contribution in [-0.4, -0.2) is 87.1 Å². The number of amides is 2. The Morgan fingerprint density at radius 3 is 2.26 bits per heavy atom. The Labute approximate surface area is 223 Å². The summed E-state index contributed by atoms with van der Waals surface area (Å²) in [6.45, 7) is 7.09. The molecule has 2 aliphatic heterocycles. The first-order valence-electron chi connectivity index (χ1n) is 12.8. The number of nitrogens with one attached hydrogen (secondary N) is 1. The lowest BCUT2D eigenvalue weighted by atomic mass is 10.1. The second-order valence-corrected chi connectivity index (χ2v) is 12.3. The Balaban J connectivity index is 1.58. The number of benzene rings is 2. The minimum atomic E-state index is -3.17. The first kappa shape index (κ1) is 28.0. The number of carbonyl (C=O) groups is 2. The summed E-state index contributed by atoms with van der Waals surface area (Å²) < 4.78 is 43.5. The number of hydrogen-bond acceptors (Lipinski definition) is 7. The molecule has 2 saturated heterocycles. The maximum absolute atomic E-state index is 15.0. The number of carbonyl (C=O) groups excluding carboxylic acids is 2. The van der Waals surface area contributed by atoms with Crippen molar-refractivity contribution < 1.29 is 27.1 Å². The molecule has 0 radical (unpaired) electrons. The minimum absolute atomic E-state index is 0.0774. The molecule has 0 aromatic heterocycles.